The zero-order chi connectivity index (χ0) is 37.0. The van der Waals surface area contributed by atoms with Crippen molar-refractivity contribution in [1.29, 1.82) is 0 Å². The Morgan fingerprint density at radius 2 is 1.14 bits per heavy atom. The van der Waals surface area contributed by atoms with Gasteiger partial charge in [0, 0.05) is 70.3 Å². The molecule has 2 unspecified atom stereocenters. The molecular formula is C41H84N4O4S2. The molecule has 0 bridgehead atoms. The number of rotatable bonds is 38. The van der Waals surface area contributed by atoms with Gasteiger partial charge in [-0.25, -0.2) is 0 Å². The number of aliphatic hydroxyl groups is 2. The molecular weight excluding hydrogens is 677 g/mol. The molecule has 1 aliphatic heterocycles. The van der Waals surface area contributed by atoms with E-state index in [9.17, 15) is 15.0 Å². The highest BCUT2D eigenvalue weighted by molar-refractivity contribution is 8.76. The summed E-state index contributed by atoms with van der Waals surface area (Å²) in [5, 5.41) is 21.8. The molecule has 0 aromatic carbocycles. The van der Waals surface area contributed by atoms with Crippen molar-refractivity contribution in [3.63, 3.8) is 0 Å². The highest BCUT2D eigenvalue weighted by atomic mass is 33.1. The van der Waals surface area contributed by atoms with E-state index in [0.29, 0.717) is 26.1 Å². The first-order valence-corrected chi connectivity index (χ1v) is 24.1. The highest BCUT2D eigenvalue weighted by Gasteiger charge is 2.18. The van der Waals surface area contributed by atoms with E-state index in [1.165, 1.54) is 108 Å². The number of aliphatic hydroxyl groups excluding tert-OH is 2. The highest BCUT2D eigenvalue weighted by Crippen LogP contribution is 2.22. The van der Waals surface area contributed by atoms with Crippen LogP contribution in [0.15, 0.2) is 0 Å². The van der Waals surface area contributed by atoms with Gasteiger partial charge < -0.3 is 20.7 Å². The van der Waals surface area contributed by atoms with Gasteiger partial charge in [0.15, 0.2) is 0 Å². The topological polar surface area (TPSA) is 102 Å². The number of nitrogens with two attached hydrogens (primary N) is 1. The van der Waals surface area contributed by atoms with Gasteiger partial charge in [-0.1, -0.05) is 138 Å². The van der Waals surface area contributed by atoms with Crippen LogP contribution in [-0.2, 0) is 9.53 Å². The summed E-state index contributed by atoms with van der Waals surface area (Å²) in [4.78, 5) is 19.7. The molecule has 0 aromatic rings. The first-order valence-electron chi connectivity index (χ1n) is 21.6. The second-order valence-electron chi connectivity index (χ2n) is 15.1. The monoisotopic (exact) mass is 761 g/mol. The minimum atomic E-state index is -0.360. The Labute approximate surface area is 323 Å². The van der Waals surface area contributed by atoms with Gasteiger partial charge in [0.25, 0.3) is 0 Å². The Morgan fingerprint density at radius 1 is 0.647 bits per heavy atom. The van der Waals surface area contributed by atoms with Crippen molar-refractivity contribution in [3.05, 3.63) is 0 Å². The quantitative estimate of drug-likeness (QED) is 0.0323. The predicted octanol–water partition coefficient (Wildman–Crippen LogP) is 8.52. The number of carbonyl (C=O) groups is 1. The number of hydrogen-bond donors (Lipinski definition) is 3. The lowest BCUT2D eigenvalue weighted by atomic mass is 10.0. The molecule has 0 aliphatic carbocycles. The second kappa shape index (κ2) is 36.9. The Bertz CT molecular complexity index is 720. The summed E-state index contributed by atoms with van der Waals surface area (Å²) >= 11 is 0. The third-order valence-corrected chi connectivity index (χ3v) is 12.7. The molecule has 10 heteroatoms. The minimum Gasteiger partial charge on any atom is -0.464 e. The van der Waals surface area contributed by atoms with E-state index in [4.69, 9.17) is 10.5 Å². The number of carbonyl (C=O) groups excluding carboxylic acids is 1. The van der Waals surface area contributed by atoms with Crippen LogP contribution in [0.1, 0.15) is 162 Å². The standard InChI is InChI=1S/C41H84N4O4S2/c1-3-5-7-9-11-13-15-17-23-39(46)37-45(38-40(47)24-18-16-14-12-10-8-6-4-2)27-21-19-25-41(48)49-34-32-43-28-30-44(31-29-43)33-36-51-50-35-22-20-26-42/h39-40,46-47H,3-38,42H2,1-2H3. The van der Waals surface area contributed by atoms with E-state index in [2.05, 4.69) is 28.5 Å². The Kier molecular flexibility index (Phi) is 35.4. The number of ether oxygens (including phenoxy) is 1. The molecule has 0 radical (unpaired) electrons. The number of esters is 1. The van der Waals surface area contributed by atoms with Crippen molar-refractivity contribution in [3.8, 4) is 0 Å². The number of nitrogens with zero attached hydrogens (tertiary/aromatic N) is 3. The maximum absolute atomic E-state index is 12.5. The maximum atomic E-state index is 12.5. The Balaban J connectivity index is 2.27. The van der Waals surface area contributed by atoms with E-state index in [0.717, 1.165) is 97.3 Å². The van der Waals surface area contributed by atoms with Crippen LogP contribution in [0.25, 0.3) is 0 Å². The van der Waals surface area contributed by atoms with E-state index < -0.39 is 0 Å². The molecule has 8 nitrogen and oxygen atoms in total. The SMILES string of the molecule is CCCCCCCCCCC(O)CN(CCCCC(=O)OCCN1CCN(CCSSCCCCN)CC1)CC(O)CCCCCCCCCC. The van der Waals surface area contributed by atoms with Crippen LogP contribution < -0.4 is 5.73 Å². The van der Waals surface area contributed by atoms with E-state index in [1.54, 1.807) is 0 Å². The zero-order valence-electron chi connectivity index (χ0n) is 33.6. The smallest absolute Gasteiger partial charge is 0.305 e. The predicted molar refractivity (Wildman–Crippen MR) is 224 cm³/mol. The second-order valence-corrected chi connectivity index (χ2v) is 17.8. The summed E-state index contributed by atoms with van der Waals surface area (Å²) < 4.78 is 5.61. The lowest BCUT2D eigenvalue weighted by Crippen LogP contribution is -2.47. The summed E-state index contributed by atoms with van der Waals surface area (Å²) in [6.07, 6.45) is 25.7. The number of unbranched alkanes of at least 4 members (excludes halogenated alkanes) is 16. The van der Waals surface area contributed by atoms with Gasteiger partial charge in [-0.05, 0) is 51.6 Å². The summed E-state index contributed by atoms with van der Waals surface area (Å²) in [5.74, 6) is 2.26. The van der Waals surface area contributed by atoms with Gasteiger partial charge in [-0.3, -0.25) is 19.5 Å². The van der Waals surface area contributed by atoms with Crippen LogP contribution in [0.5, 0.6) is 0 Å². The summed E-state index contributed by atoms with van der Waals surface area (Å²) in [7, 11) is 3.95. The zero-order valence-corrected chi connectivity index (χ0v) is 35.2. The third-order valence-electron chi connectivity index (χ3n) is 10.2. The molecule has 304 valence electrons. The lowest BCUT2D eigenvalue weighted by Gasteiger charge is -2.34. The molecule has 0 spiro atoms. The molecule has 0 aromatic heterocycles. The van der Waals surface area contributed by atoms with Crippen molar-refractivity contribution >= 4 is 27.6 Å². The first kappa shape index (κ1) is 48.9. The molecule has 4 N–H and O–H groups in total. The van der Waals surface area contributed by atoms with Crippen molar-refractivity contribution in [1.82, 2.24) is 14.7 Å². The van der Waals surface area contributed by atoms with Crippen LogP contribution in [-0.4, -0.2) is 127 Å². The van der Waals surface area contributed by atoms with Gasteiger partial charge in [-0.15, -0.1) is 0 Å². The summed E-state index contributed by atoms with van der Waals surface area (Å²) in [5.41, 5.74) is 5.57. The number of piperazine rings is 1. The average Bonchev–Trinajstić information content (AvgIpc) is 3.12. The normalized spacial score (nSPS) is 15.5. The van der Waals surface area contributed by atoms with Crippen LogP contribution in [0.4, 0.5) is 0 Å². The molecule has 1 fully saturated rings. The molecule has 1 heterocycles. The third kappa shape index (κ3) is 31.9. The van der Waals surface area contributed by atoms with Crippen LogP contribution >= 0.6 is 21.6 Å². The van der Waals surface area contributed by atoms with E-state index in [1.807, 2.05) is 21.6 Å². The Morgan fingerprint density at radius 3 is 1.67 bits per heavy atom. The molecule has 2 atom stereocenters. The first-order chi connectivity index (χ1) is 25.0. The molecule has 1 saturated heterocycles. The van der Waals surface area contributed by atoms with Crippen LogP contribution in [0.3, 0.4) is 0 Å². The van der Waals surface area contributed by atoms with Crippen molar-refractivity contribution in [2.45, 2.75) is 174 Å². The van der Waals surface area contributed by atoms with Gasteiger partial charge >= 0.3 is 5.97 Å². The lowest BCUT2D eigenvalue weighted by molar-refractivity contribution is -0.144. The van der Waals surface area contributed by atoms with Crippen LogP contribution in [0, 0.1) is 0 Å². The van der Waals surface area contributed by atoms with Gasteiger partial charge in [-0.2, -0.15) is 0 Å². The molecule has 1 aliphatic rings. The van der Waals surface area contributed by atoms with Crippen molar-refractivity contribution < 1.29 is 19.7 Å². The fourth-order valence-electron chi connectivity index (χ4n) is 6.86. The fraction of sp³-hybridized carbons (Fsp3) is 0.976. The average molecular weight is 761 g/mol. The van der Waals surface area contributed by atoms with Crippen LogP contribution in [0.2, 0.25) is 0 Å². The molecule has 1 rings (SSSR count). The maximum Gasteiger partial charge on any atom is 0.305 e. The minimum absolute atomic E-state index is 0.106. The molecule has 0 amide bonds. The summed E-state index contributed by atoms with van der Waals surface area (Å²) in [6.45, 7) is 14.0. The van der Waals surface area contributed by atoms with Gasteiger partial charge in [0.2, 0.25) is 0 Å². The van der Waals surface area contributed by atoms with E-state index >= 15 is 0 Å². The van der Waals surface area contributed by atoms with Crippen molar-refractivity contribution in [2.75, 3.05) is 83.6 Å². The van der Waals surface area contributed by atoms with Gasteiger partial charge in [0.1, 0.15) is 6.61 Å². The fourth-order valence-corrected chi connectivity index (χ4v) is 9.03. The van der Waals surface area contributed by atoms with Gasteiger partial charge in [0.05, 0.1) is 12.2 Å². The van der Waals surface area contributed by atoms with Crippen molar-refractivity contribution in [2.24, 2.45) is 5.73 Å². The largest absolute Gasteiger partial charge is 0.464 e. The summed E-state index contributed by atoms with van der Waals surface area (Å²) in [6, 6.07) is 0. The Hall–Kier alpha value is -0.0700. The number of hydrogen-bond acceptors (Lipinski definition) is 10. The van der Waals surface area contributed by atoms with E-state index in [-0.39, 0.29) is 18.2 Å². The molecule has 51 heavy (non-hydrogen) atoms. The molecule has 0 saturated carbocycles.